The standard InChI is InChI=1S/C12H20N2O2/c13-12(15)6-4-2-1-3-5-7-14-8-10-16-11-9-14/h2,4-11H2,(H2,13,15). The third kappa shape index (κ3) is 6.44. The number of hydrogen-bond donors (Lipinski definition) is 1. The van der Waals surface area contributed by atoms with E-state index in [4.69, 9.17) is 10.5 Å². The molecule has 0 aliphatic carbocycles. The molecule has 90 valence electrons. The van der Waals surface area contributed by atoms with Crippen molar-refractivity contribution in [3.05, 3.63) is 0 Å². The molecule has 0 spiro atoms. The molecular weight excluding hydrogens is 204 g/mol. The van der Waals surface area contributed by atoms with E-state index >= 15 is 0 Å². The summed E-state index contributed by atoms with van der Waals surface area (Å²) in [5, 5.41) is 0. The fourth-order valence-corrected chi connectivity index (χ4v) is 1.57. The Morgan fingerprint density at radius 2 is 1.94 bits per heavy atom. The van der Waals surface area contributed by atoms with Crippen LogP contribution >= 0.6 is 0 Å². The number of amides is 1. The molecule has 1 aliphatic heterocycles. The van der Waals surface area contributed by atoms with Crippen molar-refractivity contribution in [2.45, 2.75) is 25.7 Å². The molecule has 0 aromatic carbocycles. The van der Waals surface area contributed by atoms with Gasteiger partial charge in [-0.3, -0.25) is 9.69 Å². The molecule has 0 aromatic heterocycles. The maximum atomic E-state index is 10.5. The van der Waals surface area contributed by atoms with Crippen molar-refractivity contribution in [1.29, 1.82) is 0 Å². The maximum Gasteiger partial charge on any atom is 0.217 e. The van der Waals surface area contributed by atoms with Gasteiger partial charge in [-0.2, -0.15) is 0 Å². The van der Waals surface area contributed by atoms with Crippen molar-refractivity contribution in [2.75, 3.05) is 32.8 Å². The Morgan fingerprint density at radius 3 is 2.62 bits per heavy atom. The molecule has 0 saturated carbocycles. The van der Waals surface area contributed by atoms with E-state index in [2.05, 4.69) is 16.7 Å². The maximum absolute atomic E-state index is 10.5. The van der Waals surface area contributed by atoms with Crippen molar-refractivity contribution in [3.8, 4) is 11.8 Å². The zero-order valence-corrected chi connectivity index (χ0v) is 9.71. The first-order valence-corrected chi connectivity index (χ1v) is 5.83. The van der Waals surface area contributed by atoms with Crippen LogP contribution in [0.1, 0.15) is 25.7 Å². The highest BCUT2D eigenvalue weighted by atomic mass is 16.5. The van der Waals surface area contributed by atoms with Crippen LogP contribution in [0.2, 0.25) is 0 Å². The van der Waals surface area contributed by atoms with Gasteiger partial charge >= 0.3 is 0 Å². The van der Waals surface area contributed by atoms with Gasteiger partial charge < -0.3 is 10.5 Å². The largest absolute Gasteiger partial charge is 0.379 e. The van der Waals surface area contributed by atoms with Gasteiger partial charge in [0, 0.05) is 38.9 Å². The van der Waals surface area contributed by atoms with Gasteiger partial charge in [0.25, 0.3) is 0 Å². The molecule has 1 aliphatic rings. The van der Waals surface area contributed by atoms with Crippen LogP contribution in [-0.4, -0.2) is 43.7 Å². The van der Waals surface area contributed by atoms with Crippen molar-refractivity contribution >= 4 is 5.91 Å². The number of unbranched alkanes of at least 4 members (excludes halogenated alkanes) is 1. The lowest BCUT2D eigenvalue weighted by atomic mass is 10.2. The molecule has 0 atom stereocenters. The highest BCUT2D eigenvalue weighted by molar-refractivity contribution is 5.73. The van der Waals surface area contributed by atoms with Gasteiger partial charge in [-0.25, -0.2) is 0 Å². The molecular formula is C12H20N2O2. The van der Waals surface area contributed by atoms with Crippen LogP contribution in [0.3, 0.4) is 0 Å². The SMILES string of the molecule is NC(=O)CCCC#CCCN1CCOCC1. The number of carbonyl (C=O) groups is 1. The van der Waals surface area contributed by atoms with Gasteiger partial charge in [-0.15, -0.1) is 11.8 Å². The molecule has 1 heterocycles. The van der Waals surface area contributed by atoms with E-state index in [-0.39, 0.29) is 5.91 Å². The average molecular weight is 224 g/mol. The van der Waals surface area contributed by atoms with Gasteiger partial charge in [0.1, 0.15) is 0 Å². The van der Waals surface area contributed by atoms with Crippen LogP contribution in [-0.2, 0) is 9.53 Å². The second-order valence-electron chi connectivity index (χ2n) is 3.88. The number of morpholine rings is 1. The number of rotatable bonds is 5. The minimum absolute atomic E-state index is 0.241. The van der Waals surface area contributed by atoms with Gasteiger partial charge in [0.05, 0.1) is 13.2 Å². The second-order valence-corrected chi connectivity index (χ2v) is 3.88. The molecule has 0 aromatic rings. The third-order valence-corrected chi connectivity index (χ3v) is 2.51. The Bertz CT molecular complexity index is 262. The molecule has 0 bridgehead atoms. The molecule has 0 radical (unpaired) electrons. The molecule has 2 N–H and O–H groups in total. The number of primary amides is 1. The first kappa shape index (κ1) is 13.0. The molecule has 4 nitrogen and oxygen atoms in total. The predicted octanol–water partition coefficient (Wildman–Crippen LogP) is 0.368. The molecule has 1 saturated heterocycles. The number of nitrogens with two attached hydrogens (primary N) is 1. The molecule has 4 heteroatoms. The lowest BCUT2D eigenvalue weighted by molar-refractivity contribution is -0.118. The Morgan fingerprint density at radius 1 is 1.25 bits per heavy atom. The summed E-state index contributed by atoms with van der Waals surface area (Å²) in [6.07, 6.45) is 2.89. The third-order valence-electron chi connectivity index (χ3n) is 2.51. The van der Waals surface area contributed by atoms with Crippen molar-refractivity contribution < 1.29 is 9.53 Å². The lowest BCUT2D eigenvalue weighted by Gasteiger charge is -2.25. The van der Waals surface area contributed by atoms with E-state index in [1.165, 1.54) is 0 Å². The minimum Gasteiger partial charge on any atom is -0.379 e. The molecule has 0 unspecified atom stereocenters. The Balaban J connectivity index is 1.97. The van der Waals surface area contributed by atoms with Crippen LogP contribution in [0.25, 0.3) is 0 Å². The van der Waals surface area contributed by atoms with Crippen molar-refractivity contribution in [1.82, 2.24) is 4.90 Å². The summed E-state index contributed by atoms with van der Waals surface area (Å²) in [4.78, 5) is 12.8. The van der Waals surface area contributed by atoms with E-state index in [1.54, 1.807) is 0 Å². The summed E-state index contributed by atoms with van der Waals surface area (Å²) in [5.41, 5.74) is 5.03. The predicted molar refractivity (Wildman–Crippen MR) is 62.7 cm³/mol. The lowest BCUT2D eigenvalue weighted by Crippen LogP contribution is -2.36. The number of carbonyl (C=O) groups excluding carboxylic acids is 1. The molecule has 1 rings (SSSR count). The average Bonchev–Trinajstić information content (AvgIpc) is 2.29. The Hall–Kier alpha value is -1.05. The quantitative estimate of drug-likeness (QED) is 0.542. The summed E-state index contributed by atoms with van der Waals surface area (Å²) in [5.74, 6) is 5.95. The summed E-state index contributed by atoms with van der Waals surface area (Å²) in [6, 6.07) is 0. The van der Waals surface area contributed by atoms with Crippen LogP contribution in [0, 0.1) is 11.8 Å². The zero-order valence-electron chi connectivity index (χ0n) is 9.71. The molecule has 1 amide bonds. The van der Waals surface area contributed by atoms with Crippen LogP contribution in [0.5, 0.6) is 0 Å². The number of nitrogens with zero attached hydrogens (tertiary/aromatic N) is 1. The van der Waals surface area contributed by atoms with Gasteiger partial charge in [0.15, 0.2) is 0 Å². The first-order valence-electron chi connectivity index (χ1n) is 5.83. The van der Waals surface area contributed by atoms with E-state index in [0.717, 1.165) is 52.1 Å². The summed E-state index contributed by atoms with van der Waals surface area (Å²) < 4.78 is 5.26. The summed E-state index contributed by atoms with van der Waals surface area (Å²) in [6.45, 7) is 4.73. The smallest absolute Gasteiger partial charge is 0.217 e. The highest BCUT2D eigenvalue weighted by Gasteiger charge is 2.08. The number of ether oxygens (including phenoxy) is 1. The monoisotopic (exact) mass is 224 g/mol. The topological polar surface area (TPSA) is 55.6 Å². The molecule has 16 heavy (non-hydrogen) atoms. The first-order chi connectivity index (χ1) is 7.79. The van der Waals surface area contributed by atoms with Gasteiger partial charge in [0.2, 0.25) is 5.91 Å². The second kappa shape index (κ2) is 8.14. The Kier molecular flexibility index (Phi) is 6.62. The van der Waals surface area contributed by atoms with Crippen LogP contribution < -0.4 is 5.73 Å². The van der Waals surface area contributed by atoms with E-state index < -0.39 is 0 Å². The highest BCUT2D eigenvalue weighted by Crippen LogP contribution is 1.97. The van der Waals surface area contributed by atoms with E-state index in [0.29, 0.717) is 6.42 Å². The summed E-state index contributed by atoms with van der Waals surface area (Å²) >= 11 is 0. The Labute approximate surface area is 97.1 Å². The number of hydrogen-bond acceptors (Lipinski definition) is 3. The van der Waals surface area contributed by atoms with E-state index in [1.807, 2.05) is 0 Å². The van der Waals surface area contributed by atoms with Crippen LogP contribution in [0.4, 0.5) is 0 Å². The van der Waals surface area contributed by atoms with E-state index in [9.17, 15) is 4.79 Å². The summed E-state index contributed by atoms with van der Waals surface area (Å²) in [7, 11) is 0. The van der Waals surface area contributed by atoms with Crippen molar-refractivity contribution in [3.63, 3.8) is 0 Å². The normalized spacial score (nSPS) is 16.5. The van der Waals surface area contributed by atoms with Gasteiger partial charge in [-0.1, -0.05) is 0 Å². The minimum atomic E-state index is -0.241. The van der Waals surface area contributed by atoms with Crippen LogP contribution in [0.15, 0.2) is 0 Å². The fraction of sp³-hybridized carbons (Fsp3) is 0.750. The van der Waals surface area contributed by atoms with Crippen molar-refractivity contribution in [2.24, 2.45) is 5.73 Å². The fourth-order valence-electron chi connectivity index (χ4n) is 1.57. The van der Waals surface area contributed by atoms with Gasteiger partial charge in [-0.05, 0) is 6.42 Å². The zero-order chi connectivity index (χ0) is 11.6. The molecule has 1 fully saturated rings.